The van der Waals surface area contributed by atoms with Gasteiger partial charge in [-0.15, -0.1) is 0 Å². The summed E-state index contributed by atoms with van der Waals surface area (Å²) >= 11 is 0. The zero-order chi connectivity index (χ0) is 35.7. The molecular formula is C38H38F3N3O5S. The highest BCUT2D eigenvalue weighted by molar-refractivity contribution is 7.85. The van der Waals surface area contributed by atoms with E-state index in [0.29, 0.717) is 29.3 Å². The molecule has 2 bridgehead atoms. The van der Waals surface area contributed by atoms with Crippen molar-refractivity contribution in [3.63, 3.8) is 0 Å². The van der Waals surface area contributed by atoms with Crippen molar-refractivity contribution in [1.82, 2.24) is 9.80 Å². The molecule has 3 heterocycles. The van der Waals surface area contributed by atoms with Crippen molar-refractivity contribution in [3.8, 4) is 0 Å². The number of nitrogens with two attached hydrogens (primary N) is 1. The van der Waals surface area contributed by atoms with Crippen LogP contribution in [-0.4, -0.2) is 52.7 Å². The second-order valence-electron chi connectivity index (χ2n) is 13.4. The second kappa shape index (κ2) is 14.5. The summed E-state index contributed by atoms with van der Waals surface area (Å²) in [6.07, 6.45) is 4.03. The minimum atomic E-state index is -4.02. The third-order valence-electron chi connectivity index (χ3n) is 9.97. The van der Waals surface area contributed by atoms with Crippen molar-refractivity contribution >= 4 is 21.9 Å². The molecular weight excluding hydrogens is 667 g/mol. The molecule has 3 aliphatic rings. The first-order chi connectivity index (χ1) is 23.8. The lowest BCUT2D eigenvalue weighted by molar-refractivity contribution is 0.0642. The fraction of sp³-hybridized carbons (Fsp3) is 0.316. The number of hydrogen-bond acceptors (Lipinski definition) is 6. The largest absolute Gasteiger partial charge is 0.327 e. The number of carbonyl (C=O) groups excluding carboxylic acids is 2. The van der Waals surface area contributed by atoms with E-state index in [-0.39, 0.29) is 47.2 Å². The van der Waals surface area contributed by atoms with E-state index in [1.54, 1.807) is 36.4 Å². The minimum Gasteiger partial charge on any atom is -0.327 e. The van der Waals surface area contributed by atoms with E-state index in [1.165, 1.54) is 17.0 Å². The molecule has 8 nitrogen and oxygen atoms in total. The number of halogens is 3. The van der Waals surface area contributed by atoms with Crippen LogP contribution in [0, 0.1) is 30.3 Å². The standard InChI is InChI=1S/C31H30F3N3O2.C7H8O3S/c32-26-15-28(34)27(33)13-20(26)14-29(35)21-11-22-8-9-23(12-21)36(22)16-18-4-3-5-19(10-18)17-37-30(38)24-6-1-2-7-25(24)31(37)39;1-6-2-4-7(5-3-6)11(8,9)10/h1-7,10,13,15,21-23,29H,8-9,11-12,14,16-17,35H2;2-5H,1H3,(H,8,9,10)/t21?,22-,23+,29-;/m1./s1. The van der Waals surface area contributed by atoms with E-state index in [4.69, 9.17) is 10.3 Å². The summed E-state index contributed by atoms with van der Waals surface area (Å²) in [5.41, 5.74) is 10.5. The van der Waals surface area contributed by atoms with Gasteiger partial charge in [0.25, 0.3) is 21.9 Å². The molecule has 50 heavy (non-hydrogen) atoms. The molecule has 7 rings (SSSR count). The first-order valence-electron chi connectivity index (χ1n) is 16.5. The normalized spacial score (nSPS) is 20.8. The van der Waals surface area contributed by atoms with Crippen molar-refractivity contribution in [2.75, 3.05) is 0 Å². The molecule has 2 saturated heterocycles. The van der Waals surface area contributed by atoms with Crippen molar-refractivity contribution in [2.45, 2.75) is 75.1 Å². The summed E-state index contributed by atoms with van der Waals surface area (Å²) in [6.45, 7) is 2.82. The molecule has 4 aromatic rings. The highest BCUT2D eigenvalue weighted by atomic mass is 32.2. The summed E-state index contributed by atoms with van der Waals surface area (Å²) in [7, 11) is -4.02. The van der Waals surface area contributed by atoms with Crippen molar-refractivity contribution in [2.24, 2.45) is 11.7 Å². The van der Waals surface area contributed by atoms with Crippen LogP contribution in [0.2, 0.25) is 0 Å². The maximum atomic E-state index is 14.2. The lowest BCUT2D eigenvalue weighted by atomic mass is 9.82. The lowest BCUT2D eigenvalue weighted by Crippen LogP contribution is -2.47. The number of nitrogens with zero attached hydrogens (tertiary/aromatic N) is 2. The molecule has 4 aromatic carbocycles. The lowest BCUT2D eigenvalue weighted by Gasteiger charge is -2.41. The Morgan fingerprint density at radius 3 is 1.92 bits per heavy atom. The molecule has 3 N–H and O–H groups in total. The van der Waals surface area contributed by atoms with Crippen LogP contribution in [0.4, 0.5) is 13.2 Å². The van der Waals surface area contributed by atoms with Gasteiger partial charge >= 0.3 is 0 Å². The average molecular weight is 706 g/mol. The third kappa shape index (κ3) is 7.68. The zero-order valence-electron chi connectivity index (χ0n) is 27.4. The summed E-state index contributed by atoms with van der Waals surface area (Å²) in [5, 5.41) is 0. The van der Waals surface area contributed by atoms with Gasteiger partial charge in [0.2, 0.25) is 0 Å². The predicted molar refractivity (Wildman–Crippen MR) is 181 cm³/mol. The highest BCUT2D eigenvalue weighted by Gasteiger charge is 2.42. The van der Waals surface area contributed by atoms with E-state index in [0.717, 1.165) is 55.0 Å². The molecule has 12 heteroatoms. The SMILES string of the molecule is Cc1ccc(S(=O)(=O)O)cc1.N[C@H](Cc1cc(F)c(F)cc1F)C1C[C@H]2CC[C@@H](C1)N2Cc1cccc(CN2C(=O)c3ccccc3C2=O)c1. The van der Waals surface area contributed by atoms with Crippen LogP contribution in [0.25, 0.3) is 0 Å². The number of benzene rings is 4. The number of amides is 2. The van der Waals surface area contributed by atoms with E-state index < -0.39 is 27.6 Å². The quantitative estimate of drug-likeness (QED) is 0.123. The first-order valence-corrected chi connectivity index (χ1v) is 17.9. The molecule has 4 atom stereocenters. The van der Waals surface area contributed by atoms with Gasteiger partial charge in [-0.3, -0.25) is 23.9 Å². The van der Waals surface area contributed by atoms with Crippen LogP contribution in [0.1, 0.15) is 68.7 Å². The van der Waals surface area contributed by atoms with Crippen LogP contribution >= 0.6 is 0 Å². The van der Waals surface area contributed by atoms with Gasteiger partial charge in [0.1, 0.15) is 5.82 Å². The number of fused-ring (bicyclic) bond motifs is 3. The maximum absolute atomic E-state index is 14.2. The van der Waals surface area contributed by atoms with E-state index in [1.807, 2.05) is 19.1 Å². The topological polar surface area (TPSA) is 121 Å². The van der Waals surface area contributed by atoms with Gasteiger partial charge in [-0.1, -0.05) is 54.1 Å². The van der Waals surface area contributed by atoms with Gasteiger partial charge in [-0.25, -0.2) is 13.2 Å². The summed E-state index contributed by atoms with van der Waals surface area (Å²) in [5.74, 6) is -3.36. The van der Waals surface area contributed by atoms with Gasteiger partial charge in [-0.2, -0.15) is 8.42 Å². The molecule has 1 unspecified atom stereocenters. The summed E-state index contributed by atoms with van der Waals surface area (Å²) in [4.78, 5) is 29.3. The maximum Gasteiger partial charge on any atom is 0.294 e. The number of rotatable bonds is 8. The highest BCUT2D eigenvalue weighted by Crippen LogP contribution is 2.41. The van der Waals surface area contributed by atoms with Crippen molar-refractivity contribution in [3.05, 3.63) is 136 Å². The van der Waals surface area contributed by atoms with E-state index in [9.17, 15) is 31.2 Å². The number of aryl methyl sites for hydroxylation is 1. The molecule has 0 radical (unpaired) electrons. The molecule has 262 valence electrons. The molecule has 2 amide bonds. The van der Waals surface area contributed by atoms with Gasteiger partial charge in [-0.05, 0) is 92.0 Å². The Morgan fingerprint density at radius 1 is 0.780 bits per heavy atom. The molecule has 0 aliphatic carbocycles. The minimum absolute atomic E-state index is 0.0666. The second-order valence-corrected chi connectivity index (χ2v) is 14.8. The Kier molecular flexibility index (Phi) is 10.3. The molecule has 3 aliphatic heterocycles. The Bertz CT molecular complexity index is 1980. The van der Waals surface area contributed by atoms with Gasteiger partial charge < -0.3 is 5.73 Å². The van der Waals surface area contributed by atoms with Crippen LogP contribution in [-0.2, 0) is 29.6 Å². The summed E-state index contributed by atoms with van der Waals surface area (Å²) in [6, 6.07) is 22.8. The molecule has 0 saturated carbocycles. The Hall–Kier alpha value is -4.36. The zero-order valence-corrected chi connectivity index (χ0v) is 28.3. The number of carbonyl (C=O) groups is 2. The van der Waals surface area contributed by atoms with Crippen LogP contribution in [0.15, 0.2) is 89.8 Å². The first kappa shape index (κ1) is 35.5. The fourth-order valence-corrected chi connectivity index (χ4v) is 7.86. The van der Waals surface area contributed by atoms with Crippen molar-refractivity contribution in [1.29, 1.82) is 0 Å². The Labute approximate surface area is 289 Å². The summed E-state index contributed by atoms with van der Waals surface area (Å²) < 4.78 is 70.7. The van der Waals surface area contributed by atoms with Crippen LogP contribution in [0.5, 0.6) is 0 Å². The smallest absolute Gasteiger partial charge is 0.294 e. The Morgan fingerprint density at radius 2 is 1.34 bits per heavy atom. The average Bonchev–Trinajstić information content (AvgIpc) is 3.44. The number of imide groups is 1. The fourth-order valence-electron chi connectivity index (χ4n) is 7.38. The van der Waals surface area contributed by atoms with Gasteiger partial charge in [0.05, 0.1) is 22.6 Å². The van der Waals surface area contributed by atoms with Gasteiger partial charge in [0.15, 0.2) is 11.6 Å². The molecule has 0 spiro atoms. The third-order valence-corrected chi connectivity index (χ3v) is 10.8. The Balaban J connectivity index is 0.000000336. The van der Waals surface area contributed by atoms with E-state index >= 15 is 0 Å². The van der Waals surface area contributed by atoms with Gasteiger partial charge in [0, 0.05) is 30.7 Å². The van der Waals surface area contributed by atoms with E-state index in [2.05, 4.69) is 17.0 Å². The molecule has 2 fully saturated rings. The van der Waals surface area contributed by atoms with Crippen molar-refractivity contribution < 1.29 is 35.7 Å². The number of hydrogen-bond donors (Lipinski definition) is 2. The van der Waals surface area contributed by atoms with Crippen LogP contribution < -0.4 is 5.73 Å². The van der Waals surface area contributed by atoms with Crippen LogP contribution in [0.3, 0.4) is 0 Å². The number of piperidine rings is 1. The monoisotopic (exact) mass is 705 g/mol. The molecule has 0 aromatic heterocycles. The predicted octanol–water partition coefficient (Wildman–Crippen LogP) is 6.45.